The Hall–Kier alpha value is -2.49. The van der Waals surface area contributed by atoms with Crippen molar-refractivity contribution in [1.82, 2.24) is 0 Å². The standard InChI is InChI=1S/C31H44O3/c1-23(13-9-10-14-24(2)17-12-18-26(4)27(5)32)15-11-16-25(3)19-20-29-30(6,7)21-28(33)22-31(29,8)34/h9-20,28-29,33-34H,21-22H2,1-8H3/b10-9+,15-11+,17-12+,20-19+,23-13+,24-14+,25-16+,26-18+/t28-,29?,31+/m0/s1. The number of aliphatic hydroxyl groups excluding tert-OH is 1. The molecule has 1 aliphatic carbocycles. The van der Waals surface area contributed by atoms with E-state index in [2.05, 4.69) is 51.2 Å². The van der Waals surface area contributed by atoms with Gasteiger partial charge in [-0.15, -0.1) is 0 Å². The van der Waals surface area contributed by atoms with Crippen molar-refractivity contribution in [3.63, 3.8) is 0 Å². The molecular weight excluding hydrogens is 420 g/mol. The highest BCUT2D eigenvalue weighted by atomic mass is 16.3. The Labute approximate surface area is 207 Å². The molecule has 0 radical (unpaired) electrons. The predicted octanol–water partition coefficient (Wildman–Crippen LogP) is 7.13. The van der Waals surface area contributed by atoms with Crippen LogP contribution in [-0.2, 0) is 4.79 Å². The lowest BCUT2D eigenvalue weighted by Crippen LogP contribution is -2.50. The third-order valence-corrected chi connectivity index (χ3v) is 6.28. The van der Waals surface area contributed by atoms with Crippen molar-refractivity contribution in [3.05, 3.63) is 95.2 Å². The third kappa shape index (κ3) is 10.6. The quantitative estimate of drug-likeness (QED) is 0.282. The smallest absolute Gasteiger partial charge is 0.155 e. The lowest BCUT2D eigenvalue weighted by molar-refractivity contribution is -0.113. The van der Waals surface area contributed by atoms with Gasteiger partial charge in [-0.25, -0.2) is 0 Å². The lowest BCUT2D eigenvalue weighted by atomic mass is 9.61. The molecular formula is C31H44O3. The molecule has 3 heteroatoms. The summed E-state index contributed by atoms with van der Waals surface area (Å²) < 4.78 is 0. The van der Waals surface area contributed by atoms with Crippen LogP contribution in [0.5, 0.6) is 0 Å². The van der Waals surface area contributed by atoms with Gasteiger partial charge < -0.3 is 10.2 Å². The van der Waals surface area contributed by atoms with Crippen molar-refractivity contribution in [1.29, 1.82) is 0 Å². The van der Waals surface area contributed by atoms with Gasteiger partial charge in [0.1, 0.15) is 0 Å². The second kappa shape index (κ2) is 13.4. The van der Waals surface area contributed by atoms with E-state index >= 15 is 0 Å². The molecule has 1 unspecified atom stereocenters. The van der Waals surface area contributed by atoms with Gasteiger partial charge in [0.15, 0.2) is 5.78 Å². The SMILES string of the molecule is CC(=O)/C(C)=C/C=C/C(C)=C/C=C/C=C(C)/C=C/C=C(C)/C=C/C1C(C)(C)C[C@H](O)C[C@@]1(C)O. The van der Waals surface area contributed by atoms with Crippen LogP contribution >= 0.6 is 0 Å². The predicted molar refractivity (Wildman–Crippen MR) is 145 cm³/mol. The van der Waals surface area contributed by atoms with Crippen molar-refractivity contribution < 1.29 is 15.0 Å². The van der Waals surface area contributed by atoms with Gasteiger partial charge in [0, 0.05) is 12.3 Å². The van der Waals surface area contributed by atoms with E-state index in [0.717, 1.165) is 22.3 Å². The highest BCUT2D eigenvalue weighted by molar-refractivity contribution is 5.92. The second-order valence-corrected chi connectivity index (χ2v) is 10.5. The van der Waals surface area contributed by atoms with E-state index in [9.17, 15) is 15.0 Å². The van der Waals surface area contributed by atoms with Gasteiger partial charge in [-0.3, -0.25) is 4.79 Å². The van der Waals surface area contributed by atoms with Crippen molar-refractivity contribution in [2.75, 3.05) is 0 Å². The minimum Gasteiger partial charge on any atom is -0.393 e. The zero-order valence-electron chi connectivity index (χ0n) is 22.3. The summed E-state index contributed by atoms with van der Waals surface area (Å²) >= 11 is 0. The molecule has 0 bridgehead atoms. The summed E-state index contributed by atoms with van der Waals surface area (Å²) in [4.78, 5) is 11.2. The van der Waals surface area contributed by atoms with E-state index in [1.807, 2.05) is 70.2 Å². The molecule has 1 aliphatic rings. The van der Waals surface area contributed by atoms with Crippen LogP contribution < -0.4 is 0 Å². The lowest BCUT2D eigenvalue weighted by Gasteiger charge is -2.48. The summed E-state index contributed by atoms with van der Waals surface area (Å²) in [5.41, 5.74) is 3.02. The van der Waals surface area contributed by atoms with E-state index in [4.69, 9.17) is 0 Å². The topological polar surface area (TPSA) is 57.5 Å². The van der Waals surface area contributed by atoms with Gasteiger partial charge in [0.05, 0.1) is 11.7 Å². The minimum absolute atomic E-state index is 0.0111. The molecule has 34 heavy (non-hydrogen) atoms. The number of allylic oxidation sites excluding steroid dienone is 15. The molecule has 186 valence electrons. The van der Waals surface area contributed by atoms with Crippen molar-refractivity contribution in [2.45, 2.75) is 79.9 Å². The van der Waals surface area contributed by atoms with Gasteiger partial charge in [0.2, 0.25) is 0 Å². The van der Waals surface area contributed by atoms with Crippen LogP contribution in [0.15, 0.2) is 95.2 Å². The summed E-state index contributed by atoms with van der Waals surface area (Å²) in [6.45, 7) is 15.5. The van der Waals surface area contributed by atoms with E-state index < -0.39 is 11.7 Å². The van der Waals surface area contributed by atoms with Crippen molar-refractivity contribution >= 4 is 5.78 Å². The summed E-state index contributed by atoms with van der Waals surface area (Å²) in [6, 6.07) is 0. The van der Waals surface area contributed by atoms with Gasteiger partial charge in [-0.05, 0) is 59.0 Å². The Morgan fingerprint density at radius 2 is 1.21 bits per heavy atom. The summed E-state index contributed by atoms with van der Waals surface area (Å²) in [6.07, 6.45) is 24.7. The molecule has 0 aromatic carbocycles. The summed E-state index contributed by atoms with van der Waals surface area (Å²) in [5.74, 6) is 0.0750. The number of hydrogen-bond donors (Lipinski definition) is 2. The van der Waals surface area contributed by atoms with Crippen LogP contribution in [0.4, 0.5) is 0 Å². The van der Waals surface area contributed by atoms with Gasteiger partial charge in [0.25, 0.3) is 0 Å². The molecule has 1 saturated carbocycles. The maximum Gasteiger partial charge on any atom is 0.155 e. The monoisotopic (exact) mass is 464 g/mol. The zero-order valence-corrected chi connectivity index (χ0v) is 22.3. The Morgan fingerprint density at radius 3 is 1.71 bits per heavy atom. The number of carbonyl (C=O) groups is 1. The van der Waals surface area contributed by atoms with Crippen LogP contribution in [0.2, 0.25) is 0 Å². The fraction of sp³-hybridized carbons (Fsp3) is 0.452. The van der Waals surface area contributed by atoms with Crippen LogP contribution in [0.1, 0.15) is 68.2 Å². The molecule has 2 N–H and O–H groups in total. The molecule has 3 nitrogen and oxygen atoms in total. The molecule has 0 spiro atoms. The Bertz CT molecular complexity index is 925. The number of rotatable bonds is 9. The first kappa shape index (κ1) is 29.5. The fourth-order valence-electron chi connectivity index (χ4n) is 4.36. The average molecular weight is 465 g/mol. The molecule has 1 fully saturated rings. The highest BCUT2D eigenvalue weighted by Gasteiger charge is 2.47. The normalized spacial score (nSPS) is 27.6. The second-order valence-electron chi connectivity index (χ2n) is 10.5. The van der Waals surface area contributed by atoms with Crippen molar-refractivity contribution in [2.24, 2.45) is 11.3 Å². The molecule has 0 aliphatic heterocycles. The fourth-order valence-corrected chi connectivity index (χ4v) is 4.36. The maximum absolute atomic E-state index is 11.2. The first-order valence-corrected chi connectivity index (χ1v) is 12.1. The van der Waals surface area contributed by atoms with E-state index in [0.29, 0.717) is 12.8 Å². The third-order valence-electron chi connectivity index (χ3n) is 6.28. The largest absolute Gasteiger partial charge is 0.393 e. The van der Waals surface area contributed by atoms with Crippen LogP contribution in [0, 0.1) is 11.3 Å². The molecule has 0 heterocycles. The van der Waals surface area contributed by atoms with E-state index in [1.54, 1.807) is 6.92 Å². The van der Waals surface area contributed by atoms with Gasteiger partial charge in [-0.1, -0.05) is 103 Å². The van der Waals surface area contributed by atoms with Gasteiger partial charge >= 0.3 is 0 Å². The van der Waals surface area contributed by atoms with Crippen molar-refractivity contribution in [3.8, 4) is 0 Å². The van der Waals surface area contributed by atoms with E-state index in [1.165, 1.54) is 0 Å². The average Bonchev–Trinajstić information content (AvgIpc) is 2.68. The number of hydrogen-bond acceptors (Lipinski definition) is 3. The number of Topliss-reactive ketones (excluding diaryl/α,β-unsaturated/α-hetero) is 1. The maximum atomic E-state index is 11.2. The van der Waals surface area contributed by atoms with Crippen LogP contribution in [0.25, 0.3) is 0 Å². The number of carbonyl (C=O) groups excluding carboxylic acids is 1. The molecule has 0 aromatic rings. The van der Waals surface area contributed by atoms with E-state index in [-0.39, 0.29) is 17.1 Å². The van der Waals surface area contributed by atoms with Crippen LogP contribution in [0.3, 0.4) is 0 Å². The first-order chi connectivity index (χ1) is 15.7. The molecule has 0 aromatic heterocycles. The van der Waals surface area contributed by atoms with Gasteiger partial charge in [-0.2, -0.15) is 0 Å². The minimum atomic E-state index is -0.910. The molecule has 0 saturated heterocycles. The Kier molecular flexibility index (Phi) is 11.7. The summed E-state index contributed by atoms with van der Waals surface area (Å²) in [5, 5.41) is 20.9. The molecule has 1 rings (SSSR count). The van der Waals surface area contributed by atoms with Crippen LogP contribution in [-0.4, -0.2) is 27.7 Å². The Balaban J connectivity index is 2.70. The zero-order chi connectivity index (χ0) is 25.9. The molecule has 3 atom stereocenters. The number of aliphatic hydroxyl groups is 2. The number of ketones is 1. The Morgan fingerprint density at radius 1 is 0.735 bits per heavy atom. The molecule has 0 amide bonds. The first-order valence-electron chi connectivity index (χ1n) is 12.1. The summed E-state index contributed by atoms with van der Waals surface area (Å²) in [7, 11) is 0. The highest BCUT2D eigenvalue weighted by Crippen LogP contribution is 2.47.